The Morgan fingerprint density at radius 2 is 2.06 bits per heavy atom. The maximum Gasteiger partial charge on any atom is 0.310 e. The van der Waals surface area contributed by atoms with Crippen molar-refractivity contribution in [2.75, 3.05) is 5.88 Å². The van der Waals surface area contributed by atoms with Gasteiger partial charge in [0.25, 0.3) is 0 Å². The predicted octanol–water partition coefficient (Wildman–Crippen LogP) is 5.70. The van der Waals surface area contributed by atoms with Crippen LogP contribution in [-0.4, -0.2) is 23.4 Å². The van der Waals surface area contributed by atoms with Gasteiger partial charge in [0.05, 0.1) is 12.1 Å². The van der Waals surface area contributed by atoms with Crippen molar-refractivity contribution >= 4 is 29.1 Å². The van der Waals surface area contributed by atoms with E-state index in [-0.39, 0.29) is 40.2 Å². The Morgan fingerprint density at radius 3 is 2.77 bits per heavy atom. The maximum atomic E-state index is 12.6. The topological polar surface area (TPSA) is 60.4 Å². The number of halogens is 1. The SMILES string of the molecule is CCCC(=O)OC=C1C[C@@H]2C(=CC[C@]3(C)[C@@H](C(=O)CCl)CC[C@@H]23)[C@@]2(C)CCC(=O)C=C12. The lowest BCUT2D eigenvalue weighted by atomic mass is 9.50. The first kappa shape index (κ1) is 22.5. The summed E-state index contributed by atoms with van der Waals surface area (Å²) in [4.78, 5) is 36.9. The van der Waals surface area contributed by atoms with Crippen molar-refractivity contribution in [1.82, 2.24) is 0 Å². The molecule has 2 fully saturated rings. The van der Waals surface area contributed by atoms with Crippen LogP contribution in [0.2, 0.25) is 0 Å². The van der Waals surface area contributed by atoms with E-state index in [4.69, 9.17) is 16.3 Å². The molecule has 4 aliphatic rings. The highest BCUT2D eigenvalue weighted by molar-refractivity contribution is 6.28. The van der Waals surface area contributed by atoms with E-state index in [9.17, 15) is 14.4 Å². The van der Waals surface area contributed by atoms with Gasteiger partial charge in [0.15, 0.2) is 11.6 Å². The van der Waals surface area contributed by atoms with Crippen LogP contribution in [-0.2, 0) is 19.1 Å². The van der Waals surface area contributed by atoms with Crippen LogP contribution in [0.15, 0.2) is 35.1 Å². The van der Waals surface area contributed by atoms with Crippen LogP contribution in [0.3, 0.4) is 0 Å². The molecular weight excluding hydrogens is 412 g/mol. The Morgan fingerprint density at radius 1 is 1.29 bits per heavy atom. The fourth-order valence-electron chi connectivity index (χ4n) is 6.93. The van der Waals surface area contributed by atoms with Crippen molar-refractivity contribution in [1.29, 1.82) is 0 Å². The lowest BCUT2D eigenvalue weighted by Gasteiger charge is -2.53. The first-order valence-corrected chi connectivity index (χ1v) is 12.2. The van der Waals surface area contributed by atoms with Crippen LogP contribution >= 0.6 is 11.6 Å². The number of ether oxygens (including phenoxy) is 1. The second kappa shape index (κ2) is 8.35. The van der Waals surface area contributed by atoms with Gasteiger partial charge in [0, 0.05) is 24.2 Å². The van der Waals surface area contributed by atoms with Gasteiger partial charge >= 0.3 is 5.97 Å². The fourth-order valence-corrected chi connectivity index (χ4v) is 7.12. The molecule has 5 heteroatoms. The third-order valence-electron chi connectivity index (χ3n) is 8.56. The molecule has 0 unspecified atom stereocenters. The number of allylic oxidation sites excluding steroid dienone is 5. The van der Waals surface area contributed by atoms with Crippen LogP contribution in [0.25, 0.3) is 0 Å². The van der Waals surface area contributed by atoms with Gasteiger partial charge in [-0.3, -0.25) is 14.4 Å². The molecule has 0 radical (unpaired) electrons. The Hall–Kier alpha value is -1.68. The normalized spacial score (nSPS) is 38.0. The molecule has 0 saturated heterocycles. The molecule has 5 atom stereocenters. The average molecular weight is 445 g/mol. The number of Topliss-reactive ketones (excluding diaryl/α,β-unsaturated/α-hetero) is 1. The van der Waals surface area contributed by atoms with Gasteiger partial charge in [-0.05, 0) is 73.0 Å². The van der Waals surface area contributed by atoms with Gasteiger partial charge in [0.2, 0.25) is 0 Å². The zero-order valence-electron chi connectivity index (χ0n) is 18.8. The summed E-state index contributed by atoms with van der Waals surface area (Å²) < 4.78 is 5.50. The van der Waals surface area contributed by atoms with E-state index in [0.717, 1.165) is 49.7 Å². The standard InChI is InChI=1S/C26H33ClO4/c1-4-5-24(30)31-15-16-12-18-19-6-7-21(23(29)14-27)25(19,2)11-9-20(18)26(3)10-8-17(28)13-22(16)26/h9,13,15,18-19,21H,4-8,10-12,14H2,1-3H3/t18-,19-,21+,25-,26+/m0/s1. The van der Waals surface area contributed by atoms with Crippen molar-refractivity contribution in [3.63, 3.8) is 0 Å². The number of rotatable bonds is 5. The van der Waals surface area contributed by atoms with Crippen LogP contribution in [0.1, 0.15) is 72.1 Å². The number of fused-ring (bicyclic) bond motifs is 5. The molecule has 0 heterocycles. The highest BCUT2D eigenvalue weighted by Gasteiger charge is 2.58. The number of carbonyl (C=O) groups is 3. The summed E-state index contributed by atoms with van der Waals surface area (Å²) in [6.45, 7) is 6.45. The molecule has 0 N–H and O–H groups in total. The number of hydrogen-bond donors (Lipinski definition) is 0. The first-order chi connectivity index (χ1) is 14.7. The number of ketones is 2. The summed E-state index contributed by atoms with van der Waals surface area (Å²) in [6.07, 6.45) is 11.8. The quantitative estimate of drug-likeness (QED) is 0.236. The molecule has 0 aromatic carbocycles. The highest BCUT2D eigenvalue weighted by Crippen LogP contribution is 2.65. The largest absolute Gasteiger partial charge is 0.434 e. The molecule has 0 bridgehead atoms. The molecule has 31 heavy (non-hydrogen) atoms. The van der Waals surface area contributed by atoms with E-state index in [0.29, 0.717) is 24.7 Å². The summed E-state index contributed by atoms with van der Waals surface area (Å²) >= 11 is 5.95. The van der Waals surface area contributed by atoms with Gasteiger partial charge in [-0.1, -0.05) is 32.4 Å². The van der Waals surface area contributed by atoms with Gasteiger partial charge in [-0.2, -0.15) is 0 Å². The summed E-state index contributed by atoms with van der Waals surface area (Å²) in [7, 11) is 0. The molecule has 168 valence electrons. The van der Waals surface area contributed by atoms with E-state index in [1.807, 2.05) is 6.92 Å². The van der Waals surface area contributed by atoms with Crippen molar-refractivity contribution in [2.45, 2.75) is 72.1 Å². The Bertz CT molecular complexity index is 897. The average Bonchev–Trinajstić information content (AvgIpc) is 3.10. The zero-order chi connectivity index (χ0) is 22.4. The molecule has 2 saturated carbocycles. The Labute approximate surface area is 190 Å². The van der Waals surface area contributed by atoms with Gasteiger partial charge in [-0.15, -0.1) is 11.6 Å². The highest BCUT2D eigenvalue weighted by atomic mass is 35.5. The third-order valence-corrected chi connectivity index (χ3v) is 8.82. The van der Waals surface area contributed by atoms with Gasteiger partial charge < -0.3 is 4.74 Å². The minimum absolute atomic E-state index is 0.0142. The monoisotopic (exact) mass is 444 g/mol. The fraction of sp³-hybridized carbons (Fsp3) is 0.654. The molecule has 0 amide bonds. The minimum Gasteiger partial charge on any atom is -0.434 e. The van der Waals surface area contributed by atoms with E-state index >= 15 is 0 Å². The summed E-state index contributed by atoms with van der Waals surface area (Å²) in [6, 6.07) is 0. The third kappa shape index (κ3) is 3.65. The Balaban J connectivity index is 1.74. The molecule has 0 aliphatic heterocycles. The first-order valence-electron chi connectivity index (χ1n) is 11.7. The lowest BCUT2D eigenvalue weighted by Crippen LogP contribution is -2.46. The van der Waals surface area contributed by atoms with Crippen LogP contribution in [0, 0.1) is 28.6 Å². The predicted molar refractivity (Wildman–Crippen MR) is 120 cm³/mol. The lowest BCUT2D eigenvalue weighted by molar-refractivity contribution is -0.138. The molecule has 4 aliphatic carbocycles. The number of carbonyl (C=O) groups excluding carboxylic acids is 3. The zero-order valence-corrected chi connectivity index (χ0v) is 19.6. The summed E-state index contributed by atoms with van der Waals surface area (Å²) in [5.74, 6) is 0.877. The van der Waals surface area contributed by atoms with Gasteiger partial charge in [0.1, 0.15) is 0 Å². The van der Waals surface area contributed by atoms with Gasteiger partial charge in [-0.25, -0.2) is 0 Å². The molecule has 0 aromatic heterocycles. The molecule has 0 aromatic rings. The van der Waals surface area contributed by atoms with Crippen molar-refractivity contribution < 1.29 is 19.1 Å². The number of alkyl halides is 1. The summed E-state index contributed by atoms with van der Waals surface area (Å²) in [5, 5.41) is 0. The second-order valence-corrected chi connectivity index (χ2v) is 10.5. The van der Waals surface area contributed by atoms with Crippen molar-refractivity contribution in [3.8, 4) is 0 Å². The van der Waals surface area contributed by atoms with Crippen LogP contribution < -0.4 is 0 Å². The Kier molecular flexibility index (Phi) is 6.06. The molecule has 0 spiro atoms. The van der Waals surface area contributed by atoms with Crippen molar-refractivity contribution in [3.05, 3.63) is 35.1 Å². The van der Waals surface area contributed by atoms with E-state index in [1.165, 1.54) is 5.57 Å². The van der Waals surface area contributed by atoms with Crippen LogP contribution in [0.5, 0.6) is 0 Å². The van der Waals surface area contributed by atoms with E-state index in [1.54, 1.807) is 12.3 Å². The maximum absolute atomic E-state index is 12.6. The smallest absolute Gasteiger partial charge is 0.310 e. The minimum atomic E-state index is -0.233. The van der Waals surface area contributed by atoms with Crippen molar-refractivity contribution in [2.24, 2.45) is 28.6 Å². The summed E-state index contributed by atoms with van der Waals surface area (Å²) in [5.41, 5.74) is 3.12. The number of esters is 1. The molecule has 4 nitrogen and oxygen atoms in total. The molecular formula is C26H33ClO4. The van der Waals surface area contributed by atoms with E-state index < -0.39 is 0 Å². The second-order valence-electron chi connectivity index (χ2n) is 10.3. The number of hydrogen-bond acceptors (Lipinski definition) is 4. The van der Waals surface area contributed by atoms with E-state index in [2.05, 4.69) is 19.9 Å². The molecule has 4 rings (SSSR count). The van der Waals surface area contributed by atoms with Crippen LogP contribution in [0.4, 0.5) is 0 Å².